The lowest BCUT2D eigenvalue weighted by atomic mass is 10.0. The van der Waals surface area contributed by atoms with Crippen molar-refractivity contribution >= 4 is 0 Å². The lowest BCUT2D eigenvalue weighted by molar-refractivity contribution is 0.185. The van der Waals surface area contributed by atoms with Crippen LogP contribution in [0.3, 0.4) is 0 Å². The third-order valence-corrected chi connectivity index (χ3v) is 3.44. The number of nitrogens with zero attached hydrogens (tertiary/aromatic N) is 1. The van der Waals surface area contributed by atoms with Crippen molar-refractivity contribution in [3.8, 4) is 0 Å². The Kier molecular flexibility index (Phi) is 5.35. The molecule has 2 N–H and O–H groups in total. The largest absolute Gasteiger partial charge is 0.472 e. The molecule has 0 aliphatic heterocycles. The average molecular weight is 274 g/mol. The van der Waals surface area contributed by atoms with E-state index in [1.54, 1.807) is 19.6 Å². The number of methoxy groups -OCH3 is 1. The van der Waals surface area contributed by atoms with Gasteiger partial charge in [0.05, 0.1) is 19.1 Å². The summed E-state index contributed by atoms with van der Waals surface area (Å²) in [4.78, 5) is 2.23. The Morgan fingerprint density at radius 2 is 1.95 bits per heavy atom. The Hall–Kier alpha value is -1.62. The summed E-state index contributed by atoms with van der Waals surface area (Å²) in [6, 6.07) is 10.6. The van der Waals surface area contributed by atoms with Gasteiger partial charge in [0.2, 0.25) is 0 Å². The summed E-state index contributed by atoms with van der Waals surface area (Å²) < 4.78 is 10.2. The van der Waals surface area contributed by atoms with E-state index < -0.39 is 0 Å². The molecule has 0 spiro atoms. The van der Waals surface area contributed by atoms with Gasteiger partial charge in [0.15, 0.2) is 0 Å². The maximum atomic E-state index is 5.94. The number of ether oxygens (including phenoxy) is 1. The Balaban J connectivity index is 2.06. The first kappa shape index (κ1) is 14.8. The van der Waals surface area contributed by atoms with Crippen molar-refractivity contribution in [1.82, 2.24) is 4.90 Å². The second kappa shape index (κ2) is 7.24. The predicted molar refractivity (Wildman–Crippen MR) is 79.1 cm³/mol. The normalized spacial score (nSPS) is 12.8. The Bertz CT molecular complexity index is 494. The molecule has 108 valence electrons. The molecule has 20 heavy (non-hydrogen) atoms. The highest BCUT2D eigenvalue weighted by Gasteiger charge is 2.16. The van der Waals surface area contributed by atoms with Gasteiger partial charge < -0.3 is 14.9 Å². The Morgan fingerprint density at radius 3 is 2.50 bits per heavy atom. The molecule has 1 aromatic heterocycles. The van der Waals surface area contributed by atoms with E-state index in [1.807, 2.05) is 6.07 Å². The number of hydrogen-bond acceptors (Lipinski definition) is 4. The van der Waals surface area contributed by atoms with E-state index in [0.717, 1.165) is 12.1 Å². The summed E-state index contributed by atoms with van der Waals surface area (Å²) in [5, 5.41) is 0. The summed E-state index contributed by atoms with van der Waals surface area (Å²) in [7, 11) is 3.78. The lowest BCUT2D eigenvalue weighted by Crippen LogP contribution is -2.30. The Labute approximate surface area is 120 Å². The number of hydrogen-bond donors (Lipinski definition) is 1. The van der Waals surface area contributed by atoms with Gasteiger partial charge in [-0.3, -0.25) is 4.90 Å². The molecule has 1 aromatic carbocycles. The average Bonchev–Trinajstić information content (AvgIpc) is 2.95. The molecule has 1 unspecified atom stereocenters. The van der Waals surface area contributed by atoms with Crippen LogP contribution in [0.5, 0.6) is 0 Å². The Morgan fingerprint density at radius 1 is 1.20 bits per heavy atom. The predicted octanol–water partition coefficient (Wildman–Crippen LogP) is 2.56. The van der Waals surface area contributed by atoms with Gasteiger partial charge in [-0.1, -0.05) is 24.3 Å². The molecule has 0 amide bonds. The van der Waals surface area contributed by atoms with Crippen molar-refractivity contribution in [3.63, 3.8) is 0 Å². The SMILES string of the molecule is COCc1ccc(C(CN)N(C)Cc2ccoc2)cc1. The number of likely N-dealkylation sites (N-methyl/N-ethyl adjacent to an activating group) is 1. The van der Waals surface area contributed by atoms with Crippen LogP contribution in [0.2, 0.25) is 0 Å². The van der Waals surface area contributed by atoms with Crippen LogP contribution >= 0.6 is 0 Å². The fraction of sp³-hybridized carbons (Fsp3) is 0.375. The fourth-order valence-electron chi connectivity index (χ4n) is 2.35. The molecule has 0 bridgehead atoms. The number of furan rings is 1. The minimum Gasteiger partial charge on any atom is -0.472 e. The maximum Gasteiger partial charge on any atom is 0.0947 e. The number of nitrogens with two attached hydrogens (primary N) is 1. The van der Waals surface area contributed by atoms with E-state index in [-0.39, 0.29) is 6.04 Å². The molecule has 0 radical (unpaired) electrons. The van der Waals surface area contributed by atoms with Crippen molar-refractivity contribution in [3.05, 3.63) is 59.5 Å². The molecular formula is C16H22N2O2. The van der Waals surface area contributed by atoms with Crippen LogP contribution in [-0.4, -0.2) is 25.6 Å². The summed E-state index contributed by atoms with van der Waals surface area (Å²) in [5.41, 5.74) is 9.49. The minimum atomic E-state index is 0.196. The smallest absolute Gasteiger partial charge is 0.0947 e. The van der Waals surface area contributed by atoms with E-state index in [4.69, 9.17) is 14.9 Å². The zero-order valence-corrected chi connectivity index (χ0v) is 12.1. The minimum absolute atomic E-state index is 0.196. The molecule has 4 nitrogen and oxygen atoms in total. The summed E-state index contributed by atoms with van der Waals surface area (Å²) in [6.45, 7) is 2.04. The van der Waals surface area contributed by atoms with E-state index in [9.17, 15) is 0 Å². The van der Waals surface area contributed by atoms with E-state index >= 15 is 0 Å². The highest BCUT2D eigenvalue weighted by Crippen LogP contribution is 2.21. The summed E-state index contributed by atoms with van der Waals surface area (Å²) in [6.07, 6.45) is 3.46. The van der Waals surface area contributed by atoms with Crippen molar-refractivity contribution < 1.29 is 9.15 Å². The first-order valence-electron chi connectivity index (χ1n) is 6.73. The first-order chi connectivity index (χ1) is 9.74. The standard InChI is InChI=1S/C16H22N2O2/c1-18(10-14-7-8-20-12-14)16(9-17)15-5-3-13(4-6-15)11-19-2/h3-8,12,16H,9-11,17H2,1-2H3. The lowest BCUT2D eigenvalue weighted by Gasteiger charge is -2.27. The van der Waals surface area contributed by atoms with Gasteiger partial charge in [-0.15, -0.1) is 0 Å². The molecule has 0 saturated heterocycles. The molecule has 4 heteroatoms. The van der Waals surface area contributed by atoms with Crippen molar-refractivity contribution in [2.45, 2.75) is 19.2 Å². The van der Waals surface area contributed by atoms with Crippen molar-refractivity contribution in [1.29, 1.82) is 0 Å². The van der Waals surface area contributed by atoms with Crippen LogP contribution in [0.15, 0.2) is 47.3 Å². The van der Waals surface area contributed by atoms with Gasteiger partial charge in [-0.25, -0.2) is 0 Å². The van der Waals surface area contributed by atoms with Gasteiger partial charge >= 0.3 is 0 Å². The molecule has 1 heterocycles. The number of benzene rings is 1. The molecule has 2 rings (SSSR count). The van der Waals surface area contributed by atoms with E-state index in [2.05, 4.69) is 36.2 Å². The fourth-order valence-corrected chi connectivity index (χ4v) is 2.35. The van der Waals surface area contributed by atoms with Crippen molar-refractivity contribution in [2.24, 2.45) is 5.73 Å². The second-order valence-corrected chi connectivity index (χ2v) is 4.97. The topological polar surface area (TPSA) is 51.6 Å². The maximum absolute atomic E-state index is 5.94. The molecule has 0 aliphatic rings. The quantitative estimate of drug-likeness (QED) is 0.843. The molecule has 2 aromatic rings. The third kappa shape index (κ3) is 3.70. The van der Waals surface area contributed by atoms with Crippen LogP contribution in [-0.2, 0) is 17.9 Å². The summed E-state index contributed by atoms with van der Waals surface area (Å²) in [5.74, 6) is 0. The van der Waals surface area contributed by atoms with Gasteiger partial charge in [0, 0.05) is 31.8 Å². The van der Waals surface area contributed by atoms with Crippen molar-refractivity contribution in [2.75, 3.05) is 20.7 Å². The van der Waals surface area contributed by atoms with Crippen LogP contribution < -0.4 is 5.73 Å². The van der Waals surface area contributed by atoms with E-state index in [1.165, 1.54) is 11.1 Å². The zero-order chi connectivity index (χ0) is 14.4. The van der Waals surface area contributed by atoms with E-state index in [0.29, 0.717) is 13.2 Å². The highest BCUT2D eigenvalue weighted by molar-refractivity contribution is 5.25. The molecule has 0 saturated carbocycles. The van der Waals surface area contributed by atoms with Crippen LogP contribution in [0.1, 0.15) is 22.7 Å². The van der Waals surface area contributed by atoms with Crippen LogP contribution in [0.4, 0.5) is 0 Å². The van der Waals surface area contributed by atoms with Crippen LogP contribution in [0, 0.1) is 0 Å². The van der Waals surface area contributed by atoms with Gasteiger partial charge in [-0.05, 0) is 24.2 Å². The molecular weight excluding hydrogens is 252 g/mol. The number of rotatable bonds is 7. The summed E-state index contributed by atoms with van der Waals surface area (Å²) >= 11 is 0. The zero-order valence-electron chi connectivity index (χ0n) is 12.1. The second-order valence-electron chi connectivity index (χ2n) is 4.97. The molecule has 1 atom stereocenters. The first-order valence-corrected chi connectivity index (χ1v) is 6.73. The third-order valence-electron chi connectivity index (χ3n) is 3.44. The molecule has 0 fully saturated rings. The van der Waals surface area contributed by atoms with Gasteiger partial charge in [0.25, 0.3) is 0 Å². The van der Waals surface area contributed by atoms with Gasteiger partial charge in [0.1, 0.15) is 0 Å². The van der Waals surface area contributed by atoms with Gasteiger partial charge in [-0.2, -0.15) is 0 Å². The van der Waals surface area contributed by atoms with Crippen LogP contribution in [0.25, 0.3) is 0 Å². The monoisotopic (exact) mass is 274 g/mol. The molecule has 0 aliphatic carbocycles. The highest BCUT2D eigenvalue weighted by atomic mass is 16.5.